The van der Waals surface area contributed by atoms with Crippen LogP contribution in [0.4, 0.5) is 5.69 Å². The summed E-state index contributed by atoms with van der Waals surface area (Å²) in [5.74, 6) is 0.921. The number of hydrogen-bond acceptors (Lipinski definition) is 2. The van der Waals surface area contributed by atoms with Crippen molar-refractivity contribution in [3.8, 4) is 5.75 Å². The standard InChI is InChI=1S/C15H12BrCl2NO/c16-9-1-2-15-13(5-9)14(3-4-20-15)19-12-7-10(17)6-11(18)8-12/h1-2,5-8,14,19H,3-4H2. The molecule has 104 valence electrons. The van der Waals surface area contributed by atoms with Crippen LogP contribution >= 0.6 is 39.1 Å². The number of anilines is 1. The molecule has 0 aromatic heterocycles. The Kier molecular flexibility index (Phi) is 4.11. The van der Waals surface area contributed by atoms with Gasteiger partial charge in [0.05, 0.1) is 12.6 Å². The van der Waals surface area contributed by atoms with Crippen LogP contribution in [0, 0.1) is 0 Å². The first-order valence-corrected chi connectivity index (χ1v) is 7.81. The summed E-state index contributed by atoms with van der Waals surface area (Å²) in [5.41, 5.74) is 2.06. The predicted molar refractivity (Wildman–Crippen MR) is 87.1 cm³/mol. The molecule has 1 aliphatic rings. The molecule has 1 aliphatic heterocycles. The quantitative estimate of drug-likeness (QED) is 0.730. The van der Waals surface area contributed by atoms with Crippen LogP contribution in [0.1, 0.15) is 18.0 Å². The highest BCUT2D eigenvalue weighted by atomic mass is 79.9. The van der Waals surface area contributed by atoms with Crippen LogP contribution in [0.5, 0.6) is 5.75 Å². The Morgan fingerprint density at radius 2 is 1.85 bits per heavy atom. The van der Waals surface area contributed by atoms with Crippen LogP contribution in [0.15, 0.2) is 40.9 Å². The lowest BCUT2D eigenvalue weighted by molar-refractivity contribution is 0.274. The Morgan fingerprint density at radius 1 is 1.10 bits per heavy atom. The zero-order valence-corrected chi connectivity index (χ0v) is 13.6. The van der Waals surface area contributed by atoms with E-state index < -0.39 is 0 Å². The highest BCUT2D eigenvalue weighted by Crippen LogP contribution is 2.36. The summed E-state index contributed by atoms with van der Waals surface area (Å²) >= 11 is 15.6. The highest BCUT2D eigenvalue weighted by Gasteiger charge is 2.21. The average molecular weight is 373 g/mol. The lowest BCUT2D eigenvalue weighted by atomic mass is 10.0. The second-order valence-corrected chi connectivity index (χ2v) is 6.46. The first-order chi connectivity index (χ1) is 9.61. The van der Waals surface area contributed by atoms with Crippen molar-refractivity contribution in [1.29, 1.82) is 0 Å². The van der Waals surface area contributed by atoms with Gasteiger partial charge in [-0.1, -0.05) is 39.1 Å². The van der Waals surface area contributed by atoms with E-state index in [0.29, 0.717) is 16.7 Å². The lowest BCUT2D eigenvalue weighted by Crippen LogP contribution is -2.20. The van der Waals surface area contributed by atoms with Crippen molar-refractivity contribution in [2.45, 2.75) is 12.5 Å². The average Bonchev–Trinajstić information content (AvgIpc) is 2.38. The summed E-state index contributed by atoms with van der Waals surface area (Å²) in [6.45, 7) is 0.695. The van der Waals surface area contributed by atoms with Crippen molar-refractivity contribution in [3.05, 3.63) is 56.5 Å². The third-order valence-electron chi connectivity index (χ3n) is 3.21. The Balaban J connectivity index is 1.91. The maximum absolute atomic E-state index is 6.04. The number of benzene rings is 2. The van der Waals surface area contributed by atoms with Crippen molar-refractivity contribution in [2.75, 3.05) is 11.9 Å². The minimum atomic E-state index is 0.186. The van der Waals surface area contributed by atoms with Crippen LogP contribution in [0.2, 0.25) is 10.0 Å². The van der Waals surface area contributed by atoms with Gasteiger partial charge in [-0.25, -0.2) is 0 Å². The van der Waals surface area contributed by atoms with Crippen molar-refractivity contribution >= 4 is 44.8 Å². The highest BCUT2D eigenvalue weighted by molar-refractivity contribution is 9.10. The molecule has 0 spiro atoms. The number of fused-ring (bicyclic) bond motifs is 1. The summed E-state index contributed by atoms with van der Waals surface area (Å²) < 4.78 is 6.72. The minimum Gasteiger partial charge on any atom is -0.493 e. The molecule has 1 heterocycles. The van der Waals surface area contributed by atoms with Gasteiger partial charge < -0.3 is 10.1 Å². The molecule has 1 atom stereocenters. The normalized spacial score (nSPS) is 17.2. The lowest BCUT2D eigenvalue weighted by Gasteiger charge is -2.27. The second-order valence-electron chi connectivity index (χ2n) is 4.67. The van der Waals surface area contributed by atoms with E-state index in [4.69, 9.17) is 27.9 Å². The SMILES string of the molecule is Clc1cc(Cl)cc(NC2CCOc3ccc(Br)cc32)c1. The molecule has 0 aliphatic carbocycles. The van der Waals surface area contributed by atoms with Gasteiger partial charge >= 0.3 is 0 Å². The minimum absolute atomic E-state index is 0.186. The zero-order chi connectivity index (χ0) is 14.1. The topological polar surface area (TPSA) is 21.3 Å². The summed E-state index contributed by atoms with van der Waals surface area (Å²) in [4.78, 5) is 0. The summed E-state index contributed by atoms with van der Waals surface area (Å²) in [6.07, 6.45) is 0.896. The van der Waals surface area contributed by atoms with Crippen LogP contribution < -0.4 is 10.1 Å². The Hall–Kier alpha value is -0.900. The first-order valence-electron chi connectivity index (χ1n) is 6.27. The molecule has 2 aromatic rings. The van der Waals surface area contributed by atoms with E-state index in [0.717, 1.165) is 27.9 Å². The van der Waals surface area contributed by atoms with Crippen molar-refractivity contribution in [1.82, 2.24) is 0 Å². The Labute approximate surface area is 136 Å². The van der Waals surface area contributed by atoms with Gasteiger partial charge in [-0.15, -0.1) is 0 Å². The molecular weight excluding hydrogens is 361 g/mol. The smallest absolute Gasteiger partial charge is 0.124 e. The molecule has 0 radical (unpaired) electrons. The van der Waals surface area contributed by atoms with Gasteiger partial charge in [0.25, 0.3) is 0 Å². The second kappa shape index (κ2) is 5.84. The van der Waals surface area contributed by atoms with Crippen LogP contribution in [0.3, 0.4) is 0 Å². The fraction of sp³-hybridized carbons (Fsp3) is 0.200. The molecule has 2 aromatic carbocycles. The number of halogens is 3. The van der Waals surface area contributed by atoms with E-state index in [1.807, 2.05) is 24.3 Å². The fourth-order valence-electron chi connectivity index (χ4n) is 2.35. The van der Waals surface area contributed by atoms with Gasteiger partial charge in [0.1, 0.15) is 5.75 Å². The monoisotopic (exact) mass is 371 g/mol. The molecule has 1 N–H and O–H groups in total. The number of hydrogen-bond donors (Lipinski definition) is 1. The van der Waals surface area contributed by atoms with Crippen LogP contribution in [0.25, 0.3) is 0 Å². The van der Waals surface area contributed by atoms with Gasteiger partial charge in [-0.3, -0.25) is 0 Å². The molecule has 2 nitrogen and oxygen atoms in total. The van der Waals surface area contributed by atoms with Crippen molar-refractivity contribution in [3.63, 3.8) is 0 Å². The number of ether oxygens (including phenoxy) is 1. The zero-order valence-electron chi connectivity index (χ0n) is 10.5. The van der Waals surface area contributed by atoms with E-state index in [1.54, 1.807) is 6.07 Å². The summed E-state index contributed by atoms with van der Waals surface area (Å²) in [5, 5.41) is 4.73. The molecule has 1 unspecified atom stereocenters. The third-order valence-corrected chi connectivity index (χ3v) is 4.14. The molecular formula is C15H12BrCl2NO. The molecule has 0 saturated carbocycles. The Morgan fingerprint density at radius 3 is 2.60 bits per heavy atom. The van der Waals surface area contributed by atoms with E-state index in [9.17, 15) is 0 Å². The van der Waals surface area contributed by atoms with Crippen molar-refractivity contribution in [2.24, 2.45) is 0 Å². The maximum atomic E-state index is 6.04. The van der Waals surface area contributed by atoms with Gasteiger partial charge in [-0.05, 0) is 36.4 Å². The molecule has 0 fully saturated rings. The van der Waals surface area contributed by atoms with Crippen LogP contribution in [-0.4, -0.2) is 6.61 Å². The number of nitrogens with one attached hydrogen (secondary N) is 1. The molecule has 0 saturated heterocycles. The van der Waals surface area contributed by atoms with Crippen LogP contribution in [-0.2, 0) is 0 Å². The maximum Gasteiger partial charge on any atom is 0.124 e. The fourth-order valence-corrected chi connectivity index (χ4v) is 3.26. The first kappa shape index (κ1) is 14.1. The van der Waals surface area contributed by atoms with E-state index in [1.165, 1.54) is 0 Å². The molecule has 5 heteroatoms. The van der Waals surface area contributed by atoms with Crippen molar-refractivity contribution < 1.29 is 4.74 Å². The molecule has 0 bridgehead atoms. The van der Waals surface area contributed by atoms with E-state index >= 15 is 0 Å². The van der Waals surface area contributed by atoms with Gasteiger partial charge in [0, 0.05) is 32.2 Å². The molecule has 3 rings (SSSR count). The Bertz CT molecular complexity index is 628. The molecule has 0 amide bonds. The third kappa shape index (κ3) is 3.05. The number of rotatable bonds is 2. The predicted octanol–water partition coefficient (Wildman–Crippen LogP) is 5.69. The van der Waals surface area contributed by atoms with Gasteiger partial charge in [-0.2, -0.15) is 0 Å². The summed E-state index contributed by atoms with van der Waals surface area (Å²) in [6, 6.07) is 11.7. The van der Waals surface area contributed by atoms with Gasteiger partial charge in [0.2, 0.25) is 0 Å². The van der Waals surface area contributed by atoms with E-state index in [2.05, 4.69) is 27.3 Å². The largest absolute Gasteiger partial charge is 0.493 e. The molecule has 20 heavy (non-hydrogen) atoms. The van der Waals surface area contributed by atoms with E-state index in [-0.39, 0.29) is 6.04 Å². The van der Waals surface area contributed by atoms with Gasteiger partial charge in [0.15, 0.2) is 0 Å². The summed E-state index contributed by atoms with van der Waals surface area (Å²) in [7, 11) is 0.